The molecule has 0 N–H and O–H groups in total. The molecule has 1 saturated heterocycles. The van der Waals surface area contributed by atoms with E-state index in [1.165, 1.54) is 28.6 Å². The number of hydrogen-bond donors (Lipinski definition) is 0. The summed E-state index contributed by atoms with van der Waals surface area (Å²) in [5, 5.41) is 1.41. The largest absolute Gasteiger partial charge is 0.337 e. The van der Waals surface area contributed by atoms with Crippen LogP contribution in [-0.2, 0) is 24.2 Å². The number of nitrogens with zero attached hydrogens (tertiary/aromatic N) is 3. The fraction of sp³-hybridized carbons (Fsp3) is 0.571. The normalized spacial score (nSPS) is 21.9. The summed E-state index contributed by atoms with van der Waals surface area (Å²) in [6.07, 6.45) is 8.16. The van der Waals surface area contributed by atoms with Crippen LogP contribution in [0.15, 0.2) is 22.6 Å². The van der Waals surface area contributed by atoms with Gasteiger partial charge in [-0.3, -0.25) is 14.2 Å². The monoisotopic (exact) mass is 417 g/mol. The molecule has 3 heterocycles. The number of amides is 1. The first-order valence-corrected chi connectivity index (χ1v) is 11.9. The van der Waals surface area contributed by atoms with Gasteiger partial charge in [0, 0.05) is 23.5 Å². The van der Waals surface area contributed by atoms with Gasteiger partial charge >= 0.3 is 0 Å². The summed E-state index contributed by atoms with van der Waals surface area (Å²) in [5.41, 5.74) is 1.21. The zero-order valence-corrected chi connectivity index (χ0v) is 18.2. The highest BCUT2D eigenvalue weighted by Crippen LogP contribution is 2.35. The molecule has 2 aromatic heterocycles. The molecule has 28 heavy (non-hydrogen) atoms. The van der Waals surface area contributed by atoms with Gasteiger partial charge in [0.25, 0.3) is 5.56 Å². The SMILES string of the molecule is C=CCn1c(SCC(=O)N2[C@@H](C)CCC[C@@H]2C)nc2sc3c(c2c1=O)CCC3. The minimum Gasteiger partial charge on any atom is -0.337 e. The van der Waals surface area contributed by atoms with E-state index in [4.69, 9.17) is 4.98 Å². The minimum absolute atomic E-state index is 0.0129. The quantitative estimate of drug-likeness (QED) is 0.419. The minimum atomic E-state index is 0.0129. The van der Waals surface area contributed by atoms with Gasteiger partial charge in [0.05, 0.1) is 11.1 Å². The van der Waals surface area contributed by atoms with Gasteiger partial charge in [0.2, 0.25) is 5.91 Å². The van der Waals surface area contributed by atoms with E-state index in [0.29, 0.717) is 17.5 Å². The van der Waals surface area contributed by atoms with E-state index in [1.807, 2.05) is 4.90 Å². The number of rotatable bonds is 5. The van der Waals surface area contributed by atoms with Crippen molar-refractivity contribution >= 4 is 39.2 Å². The Kier molecular flexibility index (Phi) is 5.65. The number of aryl methyl sites for hydroxylation is 2. The van der Waals surface area contributed by atoms with Crippen LogP contribution < -0.4 is 5.56 Å². The second kappa shape index (κ2) is 8.03. The predicted octanol–water partition coefficient (Wildman–Crippen LogP) is 4.01. The summed E-state index contributed by atoms with van der Waals surface area (Å²) in [6, 6.07) is 0.561. The second-order valence-corrected chi connectivity index (χ2v) is 9.88. The number of allylic oxidation sites excluding steroid dienone is 1. The fourth-order valence-electron chi connectivity index (χ4n) is 4.57. The van der Waals surface area contributed by atoms with Gasteiger partial charge < -0.3 is 4.90 Å². The smallest absolute Gasteiger partial charge is 0.263 e. The molecule has 1 amide bonds. The number of aromatic nitrogens is 2. The van der Waals surface area contributed by atoms with Crippen molar-refractivity contribution in [2.75, 3.05) is 5.75 Å². The molecule has 0 unspecified atom stereocenters. The van der Waals surface area contributed by atoms with E-state index in [2.05, 4.69) is 20.4 Å². The predicted molar refractivity (Wildman–Crippen MR) is 116 cm³/mol. The average Bonchev–Trinajstić information content (AvgIpc) is 3.23. The zero-order chi connectivity index (χ0) is 19.8. The molecule has 2 atom stereocenters. The summed E-state index contributed by atoms with van der Waals surface area (Å²) in [5.74, 6) is 0.451. The van der Waals surface area contributed by atoms with Crippen molar-refractivity contribution < 1.29 is 4.79 Å². The first-order valence-electron chi connectivity index (χ1n) is 10.1. The molecule has 5 nitrogen and oxygen atoms in total. The molecular weight excluding hydrogens is 390 g/mol. The lowest BCUT2D eigenvalue weighted by Crippen LogP contribution is -2.48. The number of thioether (sulfide) groups is 1. The van der Waals surface area contributed by atoms with Gasteiger partial charge in [-0.2, -0.15) is 0 Å². The van der Waals surface area contributed by atoms with Crippen LogP contribution in [0.5, 0.6) is 0 Å². The van der Waals surface area contributed by atoms with Crippen molar-refractivity contribution in [3.05, 3.63) is 33.4 Å². The number of piperidine rings is 1. The first-order chi connectivity index (χ1) is 13.5. The van der Waals surface area contributed by atoms with Crippen molar-refractivity contribution in [2.45, 2.75) is 76.2 Å². The molecule has 0 radical (unpaired) electrons. The molecule has 4 rings (SSSR count). The average molecular weight is 418 g/mol. The molecule has 1 aliphatic heterocycles. The Labute approximate surface area is 173 Å². The van der Waals surface area contributed by atoms with E-state index in [9.17, 15) is 9.59 Å². The third-order valence-electron chi connectivity index (χ3n) is 5.91. The van der Waals surface area contributed by atoms with E-state index in [-0.39, 0.29) is 23.6 Å². The summed E-state index contributed by atoms with van der Waals surface area (Å²) >= 11 is 3.03. The lowest BCUT2D eigenvalue weighted by atomic mass is 9.98. The Balaban J connectivity index is 1.63. The van der Waals surface area contributed by atoms with E-state index in [0.717, 1.165) is 42.3 Å². The van der Waals surface area contributed by atoms with Crippen LogP contribution in [0.2, 0.25) is 0 Å². The van der Waals surface area contributed by atoms with Crippen molar-refractivity contribution in [3.8, 4) is 0 Å². The molecule has 1 aliphatic carbocycles. The van der Waals surface area contributed by atoms with Crippen LogP contribution in [0.3, 0.4) is 0 Å². The number of hydrogen-bond acceptors (Lipinski definition) is 5. The molecule has 7 heteroatoms. The van der Waals surface area contributed by atoms with Crippen molar-refractivity contribution in [2.24, 2.45) is 0 Å². The fourth-order valence-corrected chi connectivity index (χ4v) is 6.75. The van der Waals surface area contributed by atoms with Crippen molar-refractivity contribution in [3.63, 3.8) is 0 Å². The van der Waals surface area contributed by atoms with Gasteiger partial charge in [-0.1, -0.05) is 17.8 Å². The zero-order valence-electron chi connectivity index (χ0n) is 16.6. The highest BCUT2D eigenvalue weighted by Gasteiger charge is 2.29. The maximum Gasteiger partial charge on any atom is 0.263 e. The molecule has 2 aliphatic rings. The molecule has 0 aromatic carbocycles. The summed E-state index contributed by atoms with van der Waals surface area (Å²) in [4.78, 5) is 35.0. The second-order valence-electron chi connectivity index (χ2n) is 7.85. The molecule has 0 bridgehead atoms. The standard InChI is InChI=1S/C21H27N3O2S2/c1-4-11-23-20(26)18-15-9-6-10-16(15)28-19(18)22-21(23)27-12-17(25)24-13(2)7-5-8-14(24)3/h4,13-14H,1,5-12H2,2-3H3/t13-,14-/m0/s1. The number of likely N-dealkylation sites (tertiary alicyclic amines) is 1. The Hall–Kier alpha value is -1.60. The van der Waals surface area contributed by atoms with Crippen LogP contribution in [0.25, 0.3) is 10.2 Å². The molecule has 2 aromatic rings. The molecule has 1 fully saturated rings. The Morgan fingerprint density at radius 3 is 2.75 bits per heavy atom. The summed E-state index contributed by atoms with van der Waals surface area (Å²) in [6.45, 7) is 8.47. The molecule has 150 valence electrons. The van der Waals surface area contributed by atoms with Crippen molar-refractivity contribution in [1.82, 2.24) is 14.5 Å². The number of carbonyl (C=O) groups is 1. The summed E-state index contributed by atoms with van der Waals surface area (Å²) in [7, 11) is 0. The molecule has 0 saturated carbocycles. The van der Waals surface area contributed by atoms with Crippen LogP contribution in [0.1, 0.15) is 50.0 Å². The lowest BCUT2D eigenvalue weighted by Gasteiger charge is -2.39. The van der Waals surface area contributed by atoms with Crippen LogP contribution in [-0.4, -0.2) is 38.2 Å². The van der Waals surface area contributed by atoms with Gasteiger partial charge in [-0.25, -0.2) is 4.98 Å². The van der Waals surface area contributed by atoms with Gasteiger partial charge in [0.1, 0.15) is 4.83 Å². The Bertz CT molecular complexity index is 968. The third-order valence-corrected chi connectivity index (χ3v) is 8.05. The highest BCUT2D eigenvalue weighted by molar-refractivity contribution is 7.99. The van der Waals surface area contributed by atoms with Gasteiger partial charge in [0.15, 0.2) is 5.16 Å². The van der Waals surface area contributed by atoms with Crippen LogP contribution in [0.4, 0.5) is 0 Å². The summed E-state index contributed by atoms with van der Waals surface area (Å²) < 4.78 is 1.68. The van der Waals surface area contributed by atoms with Crippen molar-refractivity contribution in [1.29, 1.82) is 0 Å². The number of thiophene rings is 1. The Morgan fingerprint density at radius 2 is 2.04 bits per heavy atom. The Morgan fingerprint density at radius 1 is 1.29 bits per heavy atom. The van der Waals surface area contributed by atoms with E-state index < -0.39 is 0 Å². The van der Waals surface area contributed by atoms with Crippen LogP contribution >= 0.6 is 23.1 Å². The van der Waals surface area contributed by atoms with E-state index in [1.54, 1.807) is 22.0 Å². The maximum absolute atomic E-state index is 13.2. The number of carbonyl (C=O) groups excluding carboxylic acids is 1. The topological polar surface area (TPSA) is 55.2 Å². The van der Waals surface area contributed by atoms with E-state index >= 15 is 0 Å². The first kappa shape index (κ1) is 19.7. The third kappa shape index (κ3) is 3.43. The van der Waals surface area contributed by atoms with Gasteiger partial charge in [-0.15, -0.1) is 17.9 Å². The maximum atomic E-state index is 13.2. The molecule has 0 spiro atoms. The number of fused-ring (bicyclic) bond motifs is 3. The lowest BCUT2D eigenvalue weighted by molar-refractivity contribution is -0.134. The highest BCUT2D eigenvalue weighted by atomic mass is 32.2. The van der Waals surface area contributed by atoms with Crippen LogP contribution in [0, 0.1) is 0 Å². The van der Waals surface area contributed by atoms with Gasteiger partial charge in [-0.05, 0) is 57.9 Å². The molecular formula is C21H27N3O2S2.